The monoisotopic (exact) mass is 549 g/mol. The average molecular weight is 550 g/mol. The molecule has 1 heterocycles. The second-order valence-electron chi connectivity index (χ2n) is 10.1. The average Bonchev–Trinajstić information content (AvgIpc) is 2.90. The van der Waals surface area contributed by atoms with Crippen molar-refractivity contribution >= 4 is 30.9 Å². The first kappa shape index (κ1) is 32.9. The fraction of sp³-hybridized carbons (Fsp3) is 0.960. The highest BCUT2D eigenvalue weighted by molar-refractivity contribution is 6.74. The van der Waals surface area contributed by atoms with E-state index in [0.29, 0.717) is 0 Å². The van der Waals surface area contributed by atoms with Gasteiger partial charge in [0.1, 0.15) is 18.3 Å². The van der Waals surface area contributed by atoms with Crippen LogP contribution < -0.4 is 5.73 Å². The summed E-state index contributed by atoms with van der Waals surface area (Å²) < 4.78 is 27.4. The lowest BCUT2D eigenvalue weighted by molar-refractivity contribution is -0.215. The van der Waals surface area contributed by atoms with Crippen LogP contribution in [-0.4, -0.2) is 73.1 Å². The lowest BCUT2D eigenvalue weighted by Gasteiger charge is -2.52. The number of rotatable bonds is 17. The van der Waals surface area contributed by atoms with Gasteiger partial charge in [-0.25, -0.2) is 4.79 Å². The third-order valence-electron chi connectivity index (χ3n) is 9.07. The zero-order valence-corrected chi connectivity index (χ0v) is 27.0. The number of nitrogens with two attached hydrogens (primary N) is 1. The fourth-order valence-electron chi connectivity index (χ4n) is 5.57. The molecule has 0 saturated carbocycles. The molecule has 208 valence electrons. The van der Waals surface area contributed by atoms with Crippen molar-refractivity contribution in [1.29, 1.82) is 0 Å². The number of carboxylic acids is 1. The van der Waals surface area contributed by atoms with E-state index in [1.54, 1.807) is 0 Å². The summed E-state index contributed by atoms with van der Waals surface area (Å²) in [6, 6.07) is 8.66. The molecule has 5 atom stereocenters. The normalized spacial score (nSPS) is 26.2. The number of hydrogen-bond donors (Lipinski definition) is 2. The highest BCUT2D eigenvalue weighted by atomic mass is 28.4. The van der Waals surface area contributed by atoms with Crippen molar-refractivity contribution in [2.45, 2.75) is 147 Å². The van der Waals surface area contributed by atoms with Gasteiger partial charge in [-0.3, -0.25) is 0 Å². The van der Waals surface area contributed by atoms with Crippen LogP contribution in [0.1, 0.15) is 62.3 Å². The molecule has 0 radical (unpaired) electrons. The van der Waals surface area contributed by atoms with E-state index >= 15 is 0 Å². The predicted octanol–water partition coefficient (Wildman–Crippen LogP) is 5.97. The Labute approximate surface area is 218 Å². The standard InChI is InChI=1S/C25H55NO6Si3/c1-10-33(11-2,12-3)30-21-20(19-26)29-24(25(27)28)23(32-35(16-7,17-8)18-9)22(21)31-34(13-4,14-5)15-6/h20-24H,10-19,26H2,1-9H3,(H,27,28)/t20-,21+,22-,23+,24?/m1/s1. The van der Waals surface area contributed by atoms with Gasteiger partial charge in [0.2, 0.25) is 0 Å². The number of hydrogen-bond acceptors (Lipinski definition) is 6. The van der Waals surface area contributed by atoms with Crippen LogP contribution in [0.3, 0.4) is 0 Å². The van der Waals surface area contributed by atoms with Crippen molar-refractivity contribution in [3.8, 4) is 0 Å². The lowest BCUT2D eigenvalue weighted by atomic mass is 9.95. The van der Waals surface area contributed by atoms with Gasteiger partial charge in [-0.1, -0.05) is 62.3 Å². The Balaban J connectivity index is 3.74. The minimum atomic E-state index is -2.17. The number of carboxylic acid groups (broad SMARTS) is 1. The van der Waals surface area contributed by atoms with Gasteiger partial charge in [-0.2, -0.15) is 0 Å². The van der Waals surface area contributed by atoms with Crippen LogP contribution >= 0.6 is 0 Å². The van der Waals surface area contributed by atoms with Gasteiger partial charge in [0.25, 0.3) is 0 Å². The van der Waals surface area contributed by atoms with E-state index in [0.717, 1.165) is 54.4 Å². The molecule has 0 amide bonds. The molecule has 1 fully saturated rings. The van der Waals surface area contributed by atoms with E-state index in [1.165, 1.54) is 0 Å². The second kappa shape index (κ2) is 14.8. The molecule has 0 aromatic carbocycles. The molecular formula is C25H55NO6Si3. The summed E-state index contributed by atoms with van der Waals surface area (Å²) in [5.74, 6) is -1.01. The molecular weight excluding hydrogens is 495 g/mol. The van der Waals surface area contributed by atoms with E-state index in [2.05, 4.69) is 62.3 Å². The van der Waals surface area contributed by atoms with Crippen LogP contribution in [0.2, 0.25) is 54.4 Å². The number of aliphatic carboxylic acids is 1. The van der Waals surface area contributed by atoms with Gasteiger partial charge in [-0.05, 0) is 54.4 Å². The second-order valence-corrected chi connectivity index (χ2v) is 24.3. The van der Waals surface area contributed by atoms with Gasteiger partial charge in [0.15, 0.2) is 31.1 Å². The third-order valence-corrected chi connectivity index (χ3v) is 23.0. The molecule has 0 aliphatic carbocycles. The fourth-order valence-corrected chi connectivity index (χ4v) is 14.1. The van der Waals surface area contributed by atoms with Crippen LogP contribution in [0.5, 0.6) is 0 Å². The summed E-state index contributed by atoms with van der Waals surface area (Å²) in [7, 11) is -6.36. The first-order valence-electron chi connectivity index (χ1n) is 14.2. The predicted molar refractivity (Wildman–Crippen MR) is 152 cm³/mol. The maximum absolute atomic E-state index is 12.6. The summed E-state index contributed by atoms with van der Waals surface area (Å²) in [4.78, 5) is 12.6. The van der Waals surface area contributed by atoms with Gasteiger partial charge < -0.3 is 28.9 Å². The summed E-state index contributed by atoms with van der Waals surface area (Å²) in [5, 5.41) is 10.3. The molecule has 1 rings (SSSR count). The summed E-state index contributed by atoms with van der Waals surface area (Å²) in [6.45, 7) is 19.9. The Morgan fingerprint density at radius 2 is 0.971 bits per heavy atom. The molecule has 1 aliphatic rings. The first-order valence-corrected chi connectivity index (χ1v) is 21.8. The highest BCUT2D eigenvalue weighted by Gasteiger charge is 2.55. The maximum Gasteiger partial charge on any atom is 0.335 e. The molecule has 1 saturated heterocycles. The van der Waals surface area contributed by atoms with Gasteiger partial charge in [0, 0.05) is 6.54 Å². The van der Waals surface area contributed by atoms with Gasteiger partial charge in [0.05, 0.1) is 6.10 Å². The quantitative estimate of drug-likeness (QED) is 0.216. The van der Waals surface area contributed by atoms with Gasteiger partial charge in [-0.15, -0.1) is 0 Å². The van der Waals surface area contributed by atoms with Crippen LogP contribution in [0.4, 0.5) is 0 Å². The molecule has 1 unspecified atom stereocenters. The van der Waals surface area contributed by atoms with E-state index in [4.69, 9.17) is 23.7 Å². The van der Waals surface area contributed by atoms with Crippen molar-refractivity contribution < 1.29 is 27.9 Å². The zero-order valence-electron chi connectivity index (χ0n) is 24.0. The van der Waals surface area contributed by atoms with Crippen molar-refractivity contribution in [2.24, 2.45) is 5.73 Å². The highest BCUT2D eigenvalue weighted by Crippen LogP contribution is 2.39. The number of carbonyl (C=O) groups is 1. The topological polar surface area (TPSA) is 100 Å². The van der Waals surface area contributed by atoms with E-state index < -0.39 is 61.4 Å². The van der Waals surface area contributed by atoms with E-state index in [-0.39, 0.29) is 6.54 Å². The zero-order chi connectivity index (χ0) is 26.9. The summed E-state index contributed by atoms with van der Waals surface area (Å²) in [5.41, 5.74) is 6.22. The Hall–Kier alpha value is -0.0794. The summed E-state index contributed by atoms with van der Waals surface area (Å²) in [6.07, 6.45) is -3.24. The summed E-state index contributed by atoms with van der Waals surface area (Å²) >= 11 is 0. The van der Waals surface area contributed by atoms with Crippen LogP contribution in [0, 0.1) is 0 Å². The van der Waals surface area contributed by atoms with E-state index in [1.807, 2.05) is 0 Å². The number of ether oxygens (including phenoxy) is 1. The van der Waals surface area contributed by atoms with Crippen LogP contribution in [0.25, 0.3) is 0 Å². The van der Waals surface area contributed by atoms with E-state index in [9.17, 15) is 9.90 Å². The van der Waals surface area contributed by atoms with Crippen molar-refractivity contribution in [1.82, 2.24) is 0 Å². The molecule has 0 aromatic heterocycles. The minimum absolute atomic E-state index is 0.194. The van der Waals surface area contributed by atoms with Crippen molar-refractivity contribution in [3.63, 3.8) is 0 Å². The van der Waals surface area contributed by atoms with Gasteiger partial charge >= 0.3 is 5.97 Å². The Kier molecular flexibility index (Phi) is 13.9. The largest absolute Gasteiger partial charge is 0.479 e. The third kappa shape index (κ3) is 7.49. The molecule has 7 nitrogen and oxygen atoms in total. The lowest BCUT2D eigenvalue weighted by Crippen LogP contribution is -2.68. The smallest absolute Gasteiger partial charge is 0.335 e. The maximum atomic E-state index is 12.6. The first-order chi connectivity index (χ1) is 16.6. The Morgan fingerprint density at radius 1 is 0.657 bits per heavy atom. The van der Waals surface area contributed by atoms with Crippen LogP contribution in [-0.2, 0) is 22.8 Å². The van der Waals surface area contributed by atoms with Crippen molar-refractivity contribution in [3.05, 3.63) is 0 Å². The Morgan fingerprint density at radius 3 is 1.26 bits per heavy atom. The molecule has 0 aromatic rings. The molecule has 0 bridgehead atoms. The SMILES string of the molecule is CC[Si](CC)(CC)O[C@@H]1[C@@H](O[Si](CC)(CC)CC)[C@@H](CN)OC(C(=O)O)[C@H]1O[Si](CC)(CC)CC. The molecule has 10 heteroatoms. The van der Waals surface area contributed by atoms with Crippen molar-refractivity contribution in [2.75, 3.05) is 6.54 Å². The molecule has 3 N–H and O–H groups in total. The minimum Gasteiger partial charge on any atom is -0.479 e. The molecule has 35 heavy (non-hydrogen) atoms. The Bertz CT molecular complexity index is 604. The van der Waals surface area contributed by atoms with Crippen LogP contribution in [0.15, 0.2) is 0 Å². The molecule has 0 spiro atoms. The molecule has 1 aliphatic heterocycles.